The van der Waals surface area contributed by atoms with Gasteiger partial charge in [0.05, 0.1) is 16.8 Å². The first-order chi connectivity index (χ1) is 33.2. The molecule has 9 aromatic rings. The van der Waals surface area contributed by atoms with Gasteiger partial charge in [0.2, 0.25) is 0 Å². The van der Waals surface area contributed by atoms with E-state index in [2.05, 4.69) is 248 Å². The van der Waals surface area contributed by atoms with Crippen molar-refractivity contribution in [3.8, 4) is 44.9 Å². The fourth-order valence-electron chi connectivity index (χ4n) is 13.7. The van der Waals surface area contributed by atoms with E-state index in [-0.39, 0.29) is 16.2 Å². The molecule has 0 fully saturated rings. The number of para-hydroxylation sites is 1. The molecule has 2 spiro atoms. The predicted octanol–water partition coefficient (Wildman–Crippen LogP) is 14.2. The van der Waals surface area contributed by atoms with E-state index in [9.17, 15) is 0 Å². The van der Waals surface area contributed by atoms with Crippen molar-refractivity contribution in [3.63, 3.8) is 0 Å². The van der Waals surface area contributed by atoms with Crippen molar-refractivity contribution in [2.24, 2.45) is 0 Å². The van der Waals surface area contributed by atoms with Crippen molar-refractivity contribution in [1.82, 2.24) is 0 Å². The Balaban J connectivity index is 1.14. The first kappa shape index (κ1) is 40.8. The number of ether oxygens (including phenoxy) is 1. The molecule has 4 heterocycles. The highest BCUT2D eigenvalue weighted by atomic mass is 28.3. The molecule has 0 saturated carbocycles. The summed E-state index contributed by atoms with van der Waals surface area (Å²) in [6.45, 7) is 18.8. The zero-order chi connectivity index (χ0) is 47.0. The molecule has 0 bridgehead atoms. The molecule has 0 amide bonds. The zero-order valence-corrected chi connectivity index (χ0v) is 41.8. The van der Waals surface area contributed by atoms with Crippen LogP contribution in [0, 0.1) is 0 Å². The van der Waals surface area contributed by atoms with Crippen molar-refractivity contribution in [3.05, 3.63) is 233 Å². The van der Waals surface area contributed by atoms with E-state index >= 15 is 0 Å². The molecular formula is C66H55NOSi. The molecule has 0 saturated heterocycles. The second-order valence-electron chi connectivity index (χ2n) is 22.8. The quantitative estimate of drug-likeness (QED) is 0.152. The van der Waals surface area contributed by atoms with Crippen LogP contribution in [0.2, 0.25) is 0 Å². The van der Waals surface area contributed by atoms with E-state index in [4.69, 9.17) is 4.74 Å². The van der Waals surface area contributed by atoms with E-state index in [1.54, 1.807) is 0 Å². The lowest BCUT2D eigenvalue weighted by Crippen LogP contribution is -2.70. The molecule has 5 aliphatic rings. The van der Waals surface area contributed by atoms with E-state index < -0.39 is 13.5 Å². The minimum atomic E-state index is -2.76. The Labute approximate surface area is 407 Å². The third kappa shape index (κ3) is 5.06. The molecule has 0 N–H and O–H groups in total. The van der Waals surface area contributed by atoms with Crippen LogP contribution in [0.15, 0.2) is 188 Å². The van der Waals surface area contributed by atoms with Crippen LogP contribution in [0.5, 0.6) is 11.5 Å². The third-order valence-corrected chi connectivity index (χ3v) is 21.8. The van der Waals surface area contributed by atoms with Gasteiger partial charge < -0.3 is 9.64 Å². The highest BCUT2D eigenvalue weighted by Gasteiger charge is 2.56. The number of nitrogens with zero attached hydrogens (tertiary/aromatic N) is 1. The lowest BCUT2D eigenvalue weighted by Gasteiger charge is -2.50. The maximum atomic E-state index is 7.15. The van der Waals surface area contributed by atoms with Crippen molar-refractivity contribution < 1.29 is 4.74 Å². The second kappa shape index (κ2) is 13.5. The van der Waals surface area contributed by atoms with Crippen molar-refractivity contribution in [1.29, 1.82) is 0 Å². The maximum absolute atomic E-state index is 7.15. The van der Waals surface area contributed by atoms with Crippen LogP contribution >= 0.6 is 0 Å². The van der Waals surface area contributed by atoms with Crippen LogP contribution in [0.25, 0.3) is 33.4 Å². The van der Waals surface area contributed by atoms with Crippen molar-refractivity contribution in [2.45, 2.75) is 77.0 Å². The summed E-state index contributed by atoms with van der Waals surface area (Å²) < 4.78 is 7.15. The van der Waals surface area contributed by atoms with Gasteiger partial charge in [-0.05, 0) is 135 Å². The predicted molar refractivity (Wildman–Crippen MR) is 290 cm³/mol. The summed E-state index contributed by atoms with van der Waals surface area (Å²) in [4.78, 5) is 2.68. The van der Waals surface area contributed by atoms with Crippen molar-refractivity contribution >= 4 is 45.9 Å². The van der Waals surface area contributed by atoms with Crippen molar-refractivity contribution in [2.75, 3.05) is 4.90 Å². The number of benzene rings is 9. The third-order valence-electron chi connectivity index (χ3n) is 16.9. The molecule has 4 aliphatic heterocycles. The molecule has 0 radical (unpaired) electrons. The molecule has 14 rings (SSSR count). The second-order valence-corrected chi connectivity index (χ2v) is 26.5. The van der Waals surface area contributed by atoms with E-state index in [0.717, 1.165) is 11.5 Å². The lowest BCUT2D eigenvalue weighted by molar-refractivity contribution is 0.430. The summed E-state index contributed by atoms with van der Waals surface area (Å²) in [7, 11) is -2.76. The van der Waals surface area contributed by atoms with Gasteiger partial charge in [0.25, 0.3) is 0 Å². The fraction of sp³-hybridized carbons (Fsp3) is 0.182. The normalized spacial score (nSPS) is 16.3. The molecular weight excluding hydrogens is 851 g/mol. The summed E-state index contributed by atoms with van der Waals surface area (Å²) in [5.74, 6) is 1.83. The SMILES string of the molecule is CC(C)(C)c1ccc2c(c1)C1(c3cc(C(C)(C)C)ccc3O2)c2ccccc2N(c2ccc3c(c2)[Si]2(c4ccccc4-c4ccccc42)c2ccccc2-3)c2c1ccc1c2-c2ccccc2C1(C)C. The topological polar surface area (TPSA) is 12.5 Å². The first-order valence-electron chi connectivity index (χ1n) is 24.8. The van der Waals surface area contributed by atoms with Gasteiger partial charge in [-0.1, -0.05) is 201 Å². The Kier molecular flexibility index (Phi) is 8.00. The molecule has 334 valence electrons. The molecule has 69 heavy (non-hydrogen) atoms. The monoisotopic (exact) mass is 905 g/mol. The summed E-state index contributed by atoms with van der Waals surface area (Å²) in [5, 5.41) is 5.94. The van der Waals surface area contributed by atoms with Gasteiger partial charge in [-0.25, -0.2) is 0 Å². The van der Waals surface area contributed by atoms with E-state index in [1.807, 2.05) is 0 Å². The molecule has 2 nitrogen and oxygen atoms in total. The number of anilines is 3. The average molecular weight is 906 g/mol. The first-order valence-corrected chi connectivity index (χ1v) is 26.8. The smallest absolute Gasteiger partial charge is 0.182 e. The van der Waals surface area contributed by atoms with E-state index in [1.165, 1.54) is 116 Å². The van der Waals surface area contributed by atoms with Gasteiger partial charge >= 0.3 is 0 Å². The molecule has 0 atom stereocenters. The number of hydrogen-bond acceptors (Lipinski definition) is 2. The van der Waals surface area contributed by atoms with Gasteiger partial charge in [-0.15, -0.1) is 0 Å². The molecule has 3 heteroatoms. The lowest BCUT2D eigenvalue weighted by atomic mass is 9.59. The maximum Gasteiger partial charge on any atom is 0.182 e. The van der Waals surface area contributed by atoms with Crippen LogP contribution in [0.1, 0.15) is 99.9 Å². The number of rotatable bonds is 1. The standard InChI is InChI=1S/C66H55NOSi/c1-63(2,3)40-29-35-55-52(37-40)66(53-38-41(64(4,5)6)30-36-56(53)68-55)49-24-14-15-25-54(49)67(62-51(66)34-33-50-61(62)47-22-9-13-23-48(47)65(50,7)8)42-31-32-46-45-21-12-18-28-59(45)69(60(46)39-42)57-26-16-10-19-43(57)44-20-11-17-27-58(44)69/h9-39H,1-8H3. The van der Waals surface area contributed by atoms with Crippen LogP contribution in [-0.4, -0.2) is 8.07 Å². The summed E-state index contributed by atoms with van der Waals surface area (Å²) >= 11 is 0. The van der Waals surface area contributed by atoms with Crippen LogP contribution in [0.4, 0.5) is 17.1 Å². The summed E-state index contributed by atoms with van der Waals surface area (Å²) in [5.41, 5.74) is 20.9. The Morgan fingerprint density at radius 3 is 1.45 bits per heavy atom. The Hall–Kier alpha value is -7.20. The largest absolute Gasteiger partial charge is 0.457 e. The zero-order valence-electron chi connectivity index (χ0n) is 40.8. The van der Waals surface area contributed by atoms with Gasteiger partial charge in [0.1, 0.15) is 11.5 Å². The van der Waals surface area contributed by atoms with Crippen LogP contribution in [0.3, 0.4) is 0 Å². The Morgan fingerprint density at radius 1 is 0.406 bits per heavy atom. The summed E-state index contributed by atoms with van der Waals surface area (Å²) in [6.07, 6.45) is 0. The van der Waals surface area contributed by atoms with Gasteiger partial charge in [0, 0.05) is 27.8 Å². The van der Waals surface area contributed by atoms with Crippen LogP contribution < -0.4 is 30.4 Å². The number of hydrogen-bond donors (Lipinski definition) is 0. The fourth-order valence-corrected chi connectivity index (χ4v) is 19.3. The Bertz CT molecular complexity index is 3600. The van der Waals surface area contributed by atoms with Gasteiger partial charge in [0.15, 0.2) is 8.07 Å². The molecule has 0 aromatic heterocycles. The Morgan fingerprint density at radius 2 is 0.884 bits per heavy atom. The van der Waals surface area contributed by atoms with E-state index in [0.29, 0.717) is 0 Å². The average Bonchev–Trinajstić information content (AvgIpc) is 3.91. The minimum absolute atomic E-state index is 0.0903. The number of fused-ring (bicyclic) bond motifs is 22. The van der Waals surface area contributed by atoms with Gasteiger partial charge in [-0.2, -0.15) is 0 Å². The van der Waals surface area contributed by atoms with Crippen LogP contribution in [-0.2, 0) is 21.7 Å². The highest BCUT2D eigenvalue weighted by Crippen LogP contribution is 2.67. The molecule has 9 aromatic carbocycles. The highest BCUT2D eigenvalue weighted by molar-refractivity contribution is 7.24. The van der Waals surface area contributed by atoms with Gasteiger partial charge in [-0.3, -0.25) is 0 Å². The summed E-state index contributed by atoms with van der Waals surface area (Å²) in [6, 6.07) is 73.0. The molecule has 0 unspecified atom stereocenters. The minimum Gasteiger partial charge on any atom is -0.457 e. The molecule has 1 aliphatic carbocycles.